The van der Waals surface area contributed by atoms with Crippen LogP contribution < -0.4 is 5.32 Å². The van der Waals surface area contributed by atoms with Crippen molar-refractivity contribution in [1.82, 2.24) is 10.3 Å². The highest BCUT2D eigenvalue weighted by molar-refractivity contribution is 5.14. The van der Waals surface area contributed by atoms with E-state index in [1.165, 1.54) is 17.7 Å². The van der Waals surface area contributed by atoms with Crippen molar-refractivity contribution in [2.24, 2.45) is 5.92 Å². The van der Waals surface area contributed by atoms with Gasteiger partial charge in [-0.15, -0.1) is 0 Å². The quantitative estimate of drug-likeness (QED) is 0.843. The van der Waals surface area contributed by atoms with Gasteiger partial charge in [-0.2, -0.15) is 0 Å². The maximum Gasteiger partial charge on any atom is 0.0510 e. The lowest BCUT2D eigenvalue weighted by molar-refractivity contribution is 0.177. The third kappa shape index (κ3) is 3.27. The van der Waals surface area contributed by atoms with Crippen molar-refractivity contribution >= 4 is 0 Å². The Labute approximate surface area is 104 Å². The van der Waals surface area contributed by atoms with E-state index in [0.717, 1.165) is 26.1 Å². The van der Waals surface area contributed by atoms with E-state index in [1.807, 2.05) is 13.2 Å². The van der Waals surface area contributed by atoms with Crippen LogP contribution >= 0.6 is 0 Å². The third-order valence-electron chi connectivity index (χ3n) is 3.63. The summed E-state index contributed by atoms with van der Waals surface area (Å²) in [4.78, 5) is 4.53. The third-order valence-corrected chi connectivity index (χ3v) is 3.63. The Bertz CT molecular complexity index is 331. The minimum absolute atomic E-state index is 0.484. The average Bonchev–Trinajstić information content (AvgIpc) is 2.90. The summed E-state index contributed by atoms with van der Waals surface area (Å²) >= 11 is 0. The van der Waals surface area contributed by atoms with E-state index < -0.39 is 0 Å². The van der Waals surface area contributed by atoms with Crippen LogP contribution in [0.15, 0.2) is 18.3 Å². The molecule has 0 spiro atoms. The molecule has 1 aliphatic rings. The predicted octanol–water partition coefficient (Wildman–Crippen LogP) is 1.81. The second-order valence-electron chi connectivity index (χ2n) is 4.73. The zero-order valence-corrected chi connectivity index (χ0v) is 10.8. The fraction of sp³-hybridized carbons (Fsp3) is 0.643. The van der Waals surface area contributed by atoms with Crippen LogP contribution in [0.1, 0.15) is 24.6 Å². The molecular weight excluding hydrogens is 212 g/mol. The summed E-state index contributed by atoms with van der Waals surface area (Å²) in [7, 11) is 2.03. The minimum atomic E-state index is 0.484. The van der Waals surface area contributed by atoms with Crippen LogP contribution in [0, 0.1) is 5.92 Å². The van der Waals surface area contributed by atoms with Gasteiger partial charge >= 0.3 is 0 Å². The van der Waals surface area contributed by atoms with Gasteiger partial charge in [0.1, 0.15) is 0 Å². The second-order valence-corrected chi connectivity index (χ2v) is 4.73. The maximum absolute atomic E-state index is 5.45. The van der Waals surface area contributed by atoms with Crippen LogP contribution in [0.5, 0.6) is 0 Å². The smallest absolute Gasteiger partial charge is 0.0510 e. The van der Waals surface area contributed by atoms with E-state index in [2.05, 4.69) is 29.4 Å². The molecule has 2 atom stereocenters. The number of pyridine rings is 1. The summed E-state index contributed by atoms with van der Waals surface area (Å²) in [6.45, 7) is 3.95. The standard InChI is InChI=1S/C14H22N2O/c1-3-11-4-5-13(16-9-11)8-14(15-2)12-6-7-17-10-12/h4-5,9,12,14-15H,3,6-8,10H2,1-2H3. The average molecular weight is 234 g/mol. The SMILES string of the molecule is CCc1ccc(CC(NC)C2CCOC2)nc1. The molecule has 94 valence electrons. The van der Waals surface area contributed by atoms with E-state index in [9.17, 15) is 0 Å². The highest BCUT2D eigenvalue weighted by Gasteiger charge is 2.24. The van der Waals surface area contributed by atoms with Crippen LogP contribution in [0.3, 0.4) is 0 Å². The molecule has 0 bridgehead atoms. The Morgan fingerprint density at radius 2 is 2.41 bits per heavy atom. The summed E-state index contributed by atoms with van der Waals surface area (Å²) in [6.07, 6.45) is 5.21. The largest absolute Gasteiger partial charge is 0.381 e. The Morgan fingerprint density at radius 1 is 1.53 bits per heavy atom. The highest BCUT2D eigenvalue weighted by Crippen LogP contribution is 2.19. The monoisotopic (exact) mass is 234 g/mol. The first-order valence-electron chi connectivity index (χ1n) is 6.52. The summed E-state index contributed by atoms with van der Waals surface area (Å²) in [5.74, 6) is 0.632. The van der Waals surface area contributed by atoms with E-state index in [0.29, 0.717) is 12.0 Å². The summed E-state index contributed by atoms with van der Waals surface area (Å²) in [5.41, 5.74) is 2.48. The van der Waals surface area contributed by atoms with Gasteiger partial charge in [-0.25, -0.2) is 0 Å². The topological polar surface area (TPSA) is 34.1 Å². The van der Waals surface area contributed by atoms with Crippen molar-refractivity contribution in [3.05, 3.63) is 29.6 Å². The van der Waals surface area contributed by atoms with Gasteiger partial charge in [0.15, 0.2) is 0 Å². The molecule has 0 saturated carbocycles. The lowest BCUT2D eigenvalue weighted by atomic mass is 9.95. The molecule has 1 aliphatic heterocycles. The van der Waals surface area contributed by atoms with Gasteiger partial charge < -0.3 is 10.1 Å². The fourth-order valence-electron chi connectivity index (χ4n) is 2.38. The molecular formula is C14H22N2O. The molecule has 1 aromatic heterocycles. The summed E-state index contributed by atoms with van der Waals surface area (Å²) < 4.78 is 5.45. The number of rotatable bonds is 5. The number of aromatic nitrogens is 1. The van der Waals surface area contributed by atoms with Crippen molar-refractivity contribution < 1.29 is 4.74 Å². The van der Waals surface area contributed by atoms with Gasteiger partial charge in [-0.1, -0.05) is 13.0 Å². The van der Waals surface area contributed by atoms with Gasteiger partial charge in [0.25, 0.3) is 0 Å². The first kappa shape index (κ1) is 12.5. The normalized spacial score (nSPS) is 21.6. The second kappa shape index (κ2) is 6.12. The van der Waals surface area contributed by atoms with Gasteiger partial charge in [0, 0.05) is 36.9 Å². The van der Waals surface area contributed by atoms with Gasteiger partial charge in [-0.05, 0) is 31.5 Å². The van der Waals surface area contributed by atoms with Gasteiger partial charge in [-0.3, -0.25) is 4.98 Å². The molecule has 1 saturated heterocycles. The van der Waals surface area contributed by atoms with E-state index in [-0.39, 0.29) is 0 Å². The Balaban J connectivity index is 1.96. The summed E-state index contributed by atoms with van der Waals surface area (Å²) in [5, 5.41) is 3.40. The number of hydrogen-bond acceptors (Lipinski definition) is 3. The van der Waals surface area contributed by atoms with E-state index in [4.69, 9.17) is 4.74 Å². The Kier molecular flexibility index (Phi) is 4.51. The predicted molar refractivity (Wildman–Crippen MR) is 69.1 cm³/mol. The Morgan fingerprint density at radius 3 is 2.94 bits per heavy atom. The molecule has 0 aliphatic carbocycles. The van der Waals surface area contributed by atoms with Crippen molar-refractivity contribution in [3.8, 4) is 0 Å². The first-order chi connectivity index (χ1) is 8.33. The van der Waals surface area contributed by atoms with Crippen molar-refractivity contribution in [1.29, 1.82) is 0 Å². The van der Waals surface area contributed by atoms with Crippen LogP contribution in [0.4, 0.5) is 0 Å². The molecule has 1 aromatic rings. The number of aryl methyl sites for hydroxylation is 1. The van der Waals surface area contributed by atoms with Crippen molar-refractivity contribution in [2.45, 2.75) is 32.2 Å². The molecule has 3 heteroatoms. The molecule has 0 aromatic carbocycles. The Hall–Kier alpha value is -0.930. The van der Waals surface area contributed by atoms with Crippen molar-refractivity contribution in [3.63, 3.8) is 0 Å². The number of likely N-dealkylation sites (N-methyl/N-ethyl adjacent to an activating group) is 1. The van der Waals surface area contributed by atoms with Crippen LogP contribution in [-0.2, 0) is 17.6 Å². The molecule has 1 N–H and O–H groups in total. The maximum atomic E-state index is 5.45. The molecule has 2 unspecified atom stereocenters. The number of ether oxygens (including phenoxy) is 1. The molecule has 3 nitrogen and oxygen atoms in total. The zero-order valence-electron chi connectivity index (χ0n) is 10.8. The molecule has 17 heavy (non-hydrogen) atoms. The summed E-state index contributed by atoms with van der Waals surface area (Å²) in [6, 6.07) is 4.82. The van der Waals surface area contributed by atoms with Crippen LogP contribution in [-0.4, -0.2) is 31.3 Å². The number of nitrogens with zero attached hydrogens (tertiary/aromatic N) is 1. The van der Waals surface area contributed by atoms with E-state index in [1.54, 1.807) is 0 Å². The van der Waals surface area contributed by atoms with Gasteiger partial charge in [0.05, 0.1) is 6.61 Å². The lowest BCUT2D eigenvalue weighted by Gasteiger charge is -2.21. The van der Waals surface area contributed by atoms with Gasteiger partial charge in [0.2, 0.25) is 0 Å². The lowest BCUT2D eigenvalue weighted by Crippen LogP contribution is -2.36. The molecule has 2 rings (SSSR count). The molecule has 2 heterocycles. The zero-order chi connectivity index (χ0) is 12.1. The molecule has 0 radical (unpaired) electrons. The molecule has 1 fully saturated rings. The number of nitrogens with one attached hydrogen (secondary N) is 1. The highest BCUT2D eigenvalue weighted by atomic mass is 16.5. The van der Waals surface area contributed by atoms with Crippen LogP contribution in [0.25, 0.3) is 0 Å². The number of hydrogen-bond donors (Lipinski definition) is 1. The fourth-order valence-corrected chi connectivity index (χ4v) is 2.38. The van der Waals surface area contributed by atoms with E-state index >= 15 is 0 Å². The van der Waals surface area contributed by atoms with Crippen molar-refractivity contribution in [2.75, 3.05) is 20.3 Å². The molecule has 0 amide bonds. The van der Waals surface area contributed by atoms with Crippen LogP contribution in [0.2, 0.25) is 0 Å². The first-order valence-corrected chi connectivity index (χ1v) is 6.52. The minimum Gasteiger partial charge on any atom is -0.381 e.